The lowest BCUT2D eigenvalue weighted by molar-refractivity contribution is 0.101. The third kappa shape index (κ3) is 3.69. The fourth-order valence-electron chi connectivity index (χ4n) is 1.94. The van der Waals surface area contributed by atoms with Crippen LogP contribution in [0.25, 0.3) is 0 Å². The van der Waals surface area contributed by atoms with E-state index in [1.165, 1.54) is 6.92 Å². The molecule has 0 saturated carbocycles. The normalized spacial score (nSPS) is 10.0. The van der Waals surface area contributed by atoms with E-state index >= 15 is 0 Å². The molecule has 0 aromatic heterocycles. The molecule has 0 saturated heterocycles. The number of ether oxygens (including phenoxy) is 1. The largest absolute Gasteiger partial charge is 0.417 e. The summed E-state index contributed by atoms with van der Waals surface area (Å²) in [6, 6.07) is 12.3. The molecule has 2 rings (SSSR count). The molecule has 0 aliphatic heterocycles. The number of nitrogens with one attached hydrogen (secondary N) is 1. The van der Waals surface area contributed by atoms with Gasteiger partial charge in [0.25, 0.3) is 0 Å². The zero-order valence-electron chi connectivity index (χ0n) is 12.3. The van der Waals surface area contributed by atoms with Gasteiger partial charge in [0.2, 0.25) is 0 Å². The first-order chi connectivity index (χ1) is 9.97. The zero-order chi connectivity index (χ0) is 15.4. The number of amides is 1. The smallest absolute Gasteiger partial charge is 0.410 e. The van der Waals surface area contributed by atoms with Crippen molar-refractivity contribution in [2.24, 2.45) is 0 Å². The van der Waals surface area contributed by atoms with E-state index in [-0.39, 0.29) is 5.78 Å². The number of aryl methyl sites for hydroxylation is 2. The fraction of sp³-hybridized carbons (Fsp3) is 0.176. The topological polar surface area (TPSA) is 55.4 Å². The van der Waals surface area contributed by atoms with Gasteiger partial charge in [-0.1, -0.05) is 18.2 Å². The Morgan fingerprint density at radius 1 is 1.00 bits per heavy atom. The van der Waals surface area contributed by atoms with Crippen LogP contribution >= 0.6 is 0 Å². The van der Waals surface area contributed by atoms with Crippen molar-refractivity contribution in [1.82, 2.24) is 0 Å². The number of ketones is 1. The Labute approximate surface area is 123 Å². The van der Waals surface area contributed by atoms with Gasteiger partial charge in [0.15, 0.2) is 5.78 Å². The van der Waals surface area contributed by atoms with Crippen LogP contribution in [-0.2, 0) is 0 Å². The first kappa shape index (κ1) is 14.8. The van der Waals surface area contributed by atoms with Crippen LogP contribution in [0.2, 0.25) is 0 Å². The van der Waals surface area contributed by atoms with Crippen LogP contribution in [0, 0.1) is 13.8 Å². The molecule has 0 spiro atoms. The van der Waals surface area contributed by atoms with Crippen LogP contribution in [0.4, 0.5) is 10.5 Å². The van der Waals surface area contributed by atoms with E-state index < -0.39 is 6.09 Å². The van der Waals surface area contributed by atoms with Gasteiger partial charge in [0, 0.05) is 5.56 Å². The maximum atomic E-state index is 11.9. The van der Waals surface area contributed by atoms with E-state index in [0.29, 0.717) is 17.0 Å². The second kappa shape index (κ2) is 6.22. The molecule has 0 unspecified atom stereocenters. The lowest BCUT2D eigenvalue weighted by atomic mass is 10.0. The third-order valence-corrected chi connectivity index (χ3v) is 3.20. The van der Waals surface area contributed by atoms with Crippen LogP contribution in [0.15, 0.2) is 42.5 Å². The second-order valence-electron chi connectivity index (χ2n) is 4.87. The van der Waals surface area contributed by atoms with E-state index in [1.807, 2.05) is 19.9 Å². The predicted molar refractivity (Wildman–Crippen MR) is 82.0 cm³/mol. The number of carbonyl (C=O) groups is 2. The van der Waals surface area contributed by atoms with Crippen molar-refractivity contribution in [1.29, 1.82) is 0 Å². The lowest BCUT2D eigenvalue weighted by Crippen LogP contribution is -2.18. The maximum absolute atomic E-state index is 11.9. The van der Waals surface area contributed by atoms with Gasteiger partial charge in [0.05, 0.1) is 5.69 Å². The summed E-state index contributed by atoms with van der Waals surface area (Å²) in [5.41, 5.74) is 2.94. The standard InChI is InChI=1S/C17H17NO3/c1-11-9-15(13(3)19)16(10-12(11)2)18-17(20)21-14-7-5-4-6-8-14/h4-10H,1-3H3,(H,18,20). The lowest BCUT2D eigenvalue weighted by Gasteiger charge is -2.12. The number of anilines is 1. The predicted octanol–water partition coefficient (Wildman–Crippen LogP) is 4.12. The van der Waals surface area contributed by atoms with Crippen LogP contribution in [0.5, 0.6) is 5.75 Å². The molecule has 0 aliphatic rings. The number of rotatable bonds is 3. The van der Waals surface area contributed by atoms with Gasteiger partial charge >= 0.3 is 6.09 Å². The first-order valence-corrected chi connectivity index (χ1v) is 6.63. The maximum Gasteiger partial charge on any atom is 0.417 e. The Bertz CT molecular complexity index is 678. The van der Waals surface area contributed by atoms with Gasteiger partial charge in [-0.25, -0.2) is 4.79 Å². The summed E-state index contributed by atoms with van der Waals surface area (Å²) < 4.78 is 5.16. The number of Topliss-reactive ketones (excluding diaryl/α,β-unsaturated/α-hetero) is 1. The minimum absolute atomic E-state index is 0.104. The summed E-state index contributed by atoms with van der Waals surface area (Å²) in [6.07, 6.45) is -0.619. The first-order valence-electron chi connectivity index (χ1n) is 6.63. The summed E-state index contributed by atoms with van der Waals surface area (Å²) in [7, 11) is 0. The molecule has 0 atom stereocenters. The highest BCUT2D eigenvalue weighted by Crippen LogP contribution is 2.22. The van der Waals surface area contributed by atoms with Crippen molar-refractivity contribution >= 4 is 17.6 Å². The van der Waals surface area contributed by atoms with Gasteiger partial charge in [-0.3, -0.25) is 10.1 Å². The van der Waals surface area contributed by atoms with Crippen molar-refractivity contribution in [2.45, 2.75) is 20.8 Å². The highest BCUT2D eigenvalue weighted by molar-refractivity contribution is 6.03. The number of para-hydroxylation sites is 1. The van der Waals surface area contributed by atoms with Crippen molar-refractivity contribution in [3.63, 3.8) is 0 Å². The molecule has 0 fully saturated rings. The van der Waals surface area contributed by atoms with Crippen molar-refractivity contribution < 1.29 is 14.3 Å². The minimum atomic E-state index is -0.619. The molecule has 108 valence electrons. The van der Waals surface area contributed by atoms with Crippen molar-refractivity contribution in [3.8, 4) is 5.75 Å². The molecule has 21 heavy (non-hydrogen) atoms. The number of benzene rings is 2. The average Bonchev–Trinajstić information content (AvgIpc) is 2.43. The molecule has 1 amide bonds. The second-order valence-corrected chi connectivity index (χ2v) is 4.87. The van der Waals surface area contributed by atoms with Gasteiger partial charge in [-0.15, -0.1) is 0 Å². The van der Waals surface area contributed by atoms with E-state index in [0.717, 1.165) is 11.1 Å². The van der Waals surface area contributed by atoms with E-state index in [9.17, 15) is 9.59 Å². The SMILES string of the molecule is CC(=O)c1cc(C)c(C)cc1NC(=O)Oc1ccccc1. The van der Waals surface area contributed by atoms with Crippen LogP contribution in [0.1, 0.15) is 28.4 Å². The molecule has 1 N–H and O–H groups in total. The molecule has 2 aromatic carbocycles. The minimum Gasteiger partial charge on any atom is -0.410 e. The van der Waals surface area contributed by atoms with Crippen molar-refractivity contribution in [2.75, 3.05) is 5.32 Å². The Kier molecular flexibility index (Phi) is 4.38. The molecule has 0 radical (unpaired) electrons. The Morgan fingerprint density at radius 3 is 2.24 bits per heavy atom. The van der Waals surface area contributed by atoms with Gasteiger partial charge in [0.1, 0.15) is 5.75 Å². The highest BCUT2D eigenvalue weighted by atomic mass is 16.6. The van der Waals surface area contributed by atoms with Crippen LogP contribution in [0.3, 0.4) is 0 Å². The van der Waals surface area contributed by atoms with Gasteiger partial charge < -0.3 is 4.74 Å². The zero-order valence-corrected chi connectivity index (χ0v) is 12.3. The highest BCUT2D eigenvalue weighted by Gasteiger charge is 2.13. The fourth-order valence-corrected chi connectivity index (χ4v) is 1.94. The molecule has 0 aliphatic carbocycles. The number of hydrogen-bond donors (Lipinski definition) is 1. The average molecular weight is 283 g/mol. The Hall–Kier alpha value is -2.62. The third-order valence-electron chi connectivity index (χ3n) is 3.20. The summed E-state index contributed by atoms with van der Waals surface area (Å²) in [4.78, 5) is 23.6. The Morgan fingerprint density at radius 2 is 1.62 bits per heavy atom. The van der Waals surface area contributed by atoms with E-state index in [2.05, 4.69) is 5.32 Å². The molecule has 2 aromatic rings. The van der Waals surface area contributed by atoms with E-state index in [1.54, 1.807) is 36.4 Å². The monoisotopic (exact) mass is 283 g/mol. The Balaban J connectivity index is 2.21. The van der Waals surface area contributed by atoms with Crippen molar-refractivity contribution in [3.05, 3.63) is 59.2 Å². The molecule has 4 nitrogen and oxygen atoms in total. The molecular weight excluding hydrogens is 266 g/mol. The summed E-state index contributed by atoms with van der Waals surface area (Å²) >= 11 is 0. The molecule has 4 heteroatoms. The number of carbonyl (C=O) groups excluding carboxylic acids is 2. The molecule has 0 bridgehead atoms. The van der Waals surface area contributed by atoms with Crippen LogP contribution < -0.4 is 10.1 Å². The van der Waals surface area contributed by atoms with E-state index in [4.69, 9.17) is 4.74 Å². The number of hydrogen-bond acceptors (Lipinski definition) is 3. The van der Waals surface area contributed by atoms with Gasteiger partial charge in [-0.05, 0) is 56.2 Å². The van der Waals surface area contributed by atoms with Gasteiger partial charge in [-0.2, -0.15) is 0 Å². The molecular formula is C17H17NO3. The summed E-state index contributed by atoms with van der Waals surface area (Å²) in [5.74, 6) is 0.344. The van der Waals surface area contributed by atoms with Crippen LogP contribution in [-0.4, -0.2) is 11.9 Å². The summed E-state index contributed by atoms with van der Waals surface area (Å²) in [5, 5.41) is 2.63. The quantitative estimate of drug-likeness (QED) is 0.862. The summed E-state index contributed by atoms with van der Waals surface area (Å²) in [6.45, 7) is 5.32. The molecule has 0 heterocycles.